The van der Waals surface area contributed by atoms with Gasteiger partial charge < -0.3 is 4.57 Å². The zero-order chi connectivity index (χ0) is 17.9. The number of hydrogen-bond donors (Lipinski definition) is 1. The van der Waals surface area contributed by atoms with Crippen molar-refractivity contribution in [1.29, 1.82) is 0 Å². The zero-order valence-corrected chi connectivity index (χ0v) is 16.2. The van der Waals surface area contributed by atoms with Crippen molar-refractivity contribution < 1.29 is 9.59 Å². The molecular weight excluding hydrogens is 388 g/mol. The Hall–Kier alpha value is -1.97. The Balaban J connectivity index is 1.39. The highest BCUT2D eigenvalue weighted by Crippen LogP contribution is 2.39. The van der Waals surface area contributed by atoms with Crippen molar-refractivity contribution in [2.24, 2.45) is 0 Å². The van der Waals surface area contributed by atoms with Crippen molar-refractivity contribution in [2.45, 2.75) is 30.5 Å². The molecule has 1 aliphatic rings. The smallest absolute Gasteiger partial charge is 0.267 e. The van der Waals surface area contributed by atoms with Gasteiger partial charge in [-0.05, 0) is 35.7 Å². The summed E-state index contributed by atoms with van der Waals surface area (Å²) >= 11 is 4.34. The van der Waals surface area contributed by atoms with E-state index in [2.05, 4.69) is 31.5 Å². The maximum absolute atomic E-state index is 12.1. The van der Waals surface area contributed by atoms with Gasteiger partial charge >= 0.3 is 0 Å². The molecule has 0 unspecified atom stereocenters. The topological polar surface area (TPSA) is 76.9 Å². The van der Waals surface area contributed by atoms with E-state index < -0.39 is 0 Å². The zero-order valence-electron chi connectivity index (χ0n) is 13.8. The van der Waals surface area contributed by atoms with Gasteiger partial charge in [-0.3, -0.25) is 14.9 Å². The summed E-state index contributed by atoms with van der Waals surface area (Å²) in [4.78, 5) is 25.8. The monoisotopic (exact) mass is 404 g/mol. The van der Waals surface area contributed by atoms with E-state index in [1.54, 1.807) is 28.8 Å². The molecule has 1 aliphatic carbocycles. The summed E-state index contributed by atoms with van der Waals surface area (Å²) in [5.74, 6) is 0.403. The minimum atomic E-state index is -0.354. The lowest BCUT2D eigenvalue weighted by Crippen LogP contribution is -2.31. The van der Waals surface area contributed by atoms with Crippen LogP contribution in [0.15, 0.2) is 40.2 Å². The van der Waals surface area contributed by atoms with Crippen LogP contribution in [0, 0.1) is 0 Å². The van der Waals surface area contributed by atoms with Crippen LogP contribution < -0.4 is 5.32 Å². The average molecular weight is 405 g/mol. The summed E-state index contributed by atoms with van der Waals surface area (Å²) < 4.78 is 2.15. The van der Waals surface area contributed by atoms with Gasteiger partial charge in [0.05, 0.1) is 10.6 Å². The van der Waals surface area contributed by atoms with Crippen LogP contribution in [0.3, 0.4) is 0 Å². The molecule has 3 aromatic heterocycles. The molecule has 9 heteroatoms. The number of aromatic nitrogens is 3. The molecule has 3 aromatic rings. The summed E-state index contributed by atoms with van der Waals surface area (Å²) in [5, 5.41) is 15.6. The Morgan fingerprint density at radius 2 is 2.00 bits per heavy atom. The number of amides is 2. The lowest BCUT2D eigenvalue weighted by atomic mass is 10.3. The maximum atomic E-state index is 12.1. The number of imide groups is 1. The highest BCUT2D eigenvalue weighted by atomic mass is 32.2. The van der Waals surface area contributed by atoms with Crippen LogP contribution >= 0.6 is 34.4 Å². The molecule has 0 radical (unpaired) electrons. The van der Waals surface area contributed by atoms with E-state index in [4.69, 9.17) is 0 Å². The van der Waals surface area contributed by atoms with Crippen LogP contribution in [-0.4, -0.2) is 32.3 Å². The Morgan fingerprint density at radius 3 is 2.69 bits per heavy atom. The number of nitrogens with one attached hydrogen (secondary N) is 1. The predicted octanol–water partition coefficient (Wildman–Crippen LogP) is 3.38. The van der Waals surface area contributed by atoms with E-state index >= 15 is 0 Å². The molecule has 2 amide bonds. The van der Waals surface area contributed by atoms with Gasteiger partial charge in [0.25, 0.3) is 5.91 Å². The minimum Gasteiger partial charge on any atom is -0.303 e. The van der Waals surface area contributed by atoms with E-state index in [1.807, 2.05) is 6.07 Å². The third kappa shape index (κ3) is 4.05. The number of carbonyl (C=O) groups excluding carboxylic acids is 2. The Labute approximate surface area is 162 Å². The second kappa shape index (κ2) is 7.73. The van der Waals surface area contributed by atoms with Crippen molar-refractivity contribution in [3.8, 4) is 0 Å². The molecule has 0 bridgehead atoms. The minimum absolute atomic E-state index is 0.140. The van der Waals surface area contributed by atoms with E-state index in [1.165, 1.54) is 28.0 Å². The molecule has 4 rings (SSSR count). The average Bonchev–Trinajstić information content (AvgIpc) is 3.08. The Bertz CT molecular complexity index is 899. The number of hydrogen-bond acceptors (Lipinski definition) is 7. The van der Waals surface area contributed by atoms with Crippen molar-refractivity contribution in [3.63, 3.8) is 0 Å². The summed E-state index contributed by atoms with van der Waals surface area (Å²) in [7, 11) is 0. The molecule has 1 saturated carbocycles. The van der Waals surface area contributed by atoms with Crippen molar-refractivity contribution in [1.82, 2.24) is 20.1 Å². The van der Waals surface area contributed by atoms with Crippen LogP contribution in [0.5, 0.6) is 0 Å². The number of thioether (sulfide) groups is 1. The lowest BCUT2D eigenvalue weighted by Gasteiger charge is -2.08. The van der Waals surface area contributed by atoms with Gasteiger partial charge in [-0.2, -0.15) is 0 Å². The fraction of sp³-hybridized carbons (Fsp3) is 0.294. The van der Waals surface area contributed by atoms with Crippen molar-refractivity contribution >= 4 is 46.2 Å². The van der Waals surface area contributed by atoms with Gasteiger partial charge in [-0.15, -0.1) is 32.9 Å². The van der Waals surface area contributed by atoms with Crippen LogP contribution in [0.25, 0.3) is 0 Å². The highest BCUT2D eigenvalue weighted by Gasteiger charge is 2.30. The first-order valence-corrected chi connectivity index (χ1v) is 10.9. The number of thiophene rings is 2. The number of carbonyl (C=O) groups is 2. The summed E-state index contributed by atoms with van der Waals surface area (Å²) in [5.41, 5.74) is 0. The number of rotatable bonds is 7. The molecule has 26 heavy (non-hydrogen) atoms. The van der Waals surface area contributed by atoms with Crippen LogP contribution in [-0.2, 0) is 11.2 Å². The van der Waals surface area contributed by atoms with Gasteiger partial charge in [-0.25, -0.2) is 0 Å². The summed E-state index contributed by atoms with van der Waals surface area (Å²) in [6.07, 6.45) is 2.99. The first-order chi connectivity index (χ1) is 12.7. The Morgan fingerprint density at radius 1 is 1.19 bits per heavy atom. The van der Waals surface area contributed by atoms with Crippen LogP contribution in [0.2, 0.25) is 0 Å². The fourth-order valence-corrected chi connectivity index (χ4v) is 4.70. The molecule has 0 saturated heterocycles. The van der Waals surface area contributed by atoms with Gasteiger partial charge in [0.1, 0.15) is 5.82 Å². The molecule has 1 N–H and O–H groups in total. The SMILES string of the molecule is O=C(CSc1nnc(Cc2cccs2)n1C1CC1)NC(=O)c1cccs1. The van der Waals surface area contributed by atoms with E-state index in [-0.39, 0.29) is 17.6 Å². The highest BCUT2D eigenvalue weighted by molar-refractivity contribution is 7.99. The molecule has 0 aromatic carbocycles. The molecule has 0 atom stereocenters. The fourth-order valence-electron chi connectivity index (χ4n) is 2.56. The molecule has 0 aliphatic heterocycles. The van der Waals surface area contributed by atoms with E-state index in [0.29, 0.717) is 10.9 Å². The predicted molar refractivity (Wildman–Crippen MR) is 103 cm³/mol. The quantitative estimate of drug-likeness (QED) is 0.611. The third-order valence-corrected chi connectivity index (χ3v) is 6.58. The van der Waals surface area contributed by atoms with Gasteiger partial charge in [-0.1, -0.05) is 23.9 Å². The van der Waals surface area contributed by atoms with Crippen LogP contribution in [0.4, 0.5) is 0 Å². The standard InChI is InChI=1S/C17H16N4O2S3/c22-15(18-16(23)13-4-2-8-25-13)10-26-17-20-19-14(21(17)11-5-6-11)9-12-3-1-7-24-12/h1-4,7-8,11H,5-6,9-10H2,(H,18,22,23). The van der Waals surface area contributed by atoms with Crippen molar-refractivity contribution in [3.05, 3.63) is 50.6 Å². The van der Waals surface area contributed by atoms with Crippen molar-refractivity contribution in [2.75, 3.05) is 5.75 Å². The molecule has 6 nitrogen and oxygen atoms in total. The van der Waals surface area contributed by atoms with Gasteiger partial charge in [0.2, 0.25) is 5.91 Å². The van der Waals surface area contributed by atoms with E-state index in [0.717, 1.165) is 30.2 Å². The summed E-state index contributed by atoms with van der Waals surface area (Å²) in [6.45, 7) is 0. The molecule has 1 fully saturated rings. The normalized spacial score (nSPS) is 13.7. The van der Waals surface area contributed by atoms with Crippen LogP contribution in [0.1, 0.15) is 39.3 Å². The molecular formula is C17H16N4O2S3. The van der Waals surface area contributed by atoms with E-state index in [9.17, 15) is 9.59 Å². The Kier molecular flexibility index (Phi) is 5.18. The second-order valence-electron chi connectivity index (χ2n) is 5.90. The molecule has 134 valence electrons. The maximum Gasteiger partial charge on any atom is 0.267 e. The first-order valence-electron chi connectivity index (χ1n) is 8.17. The van der Waals surface area contributed by atoms with Gasteiger partial charge in [0.15, 0.2) is 5.16 Å². The lowest BCUT2D eigenvalue weighted by molar-refractivity contribution is -0.117. The largest absolute Gasteiger partial charge is 0.303 e. The number of nitrogens with zero attached hydrogens (tertiary/aromatic N) is 3. The second-order valence-corrected chi connectivity index (χ2v) is 8.82. The third-order valence-electron chi connectivity index (χ3n) is 3.89. The molecule has 0 spiro atoms. The van der Waals surface area contributed by atoms with Gasteiger partial charge in [0, 0.05) is 17.3 Å². The molecule has 3 heterocycles. The first kappa shape index (κ1) is 17.4. The summed E-state index contributed by atoms with van der Waals surface area (Å²) in [6, 6.07) is 8.03.